The largest absolute Gasteiger partial charge is 0.372 e. The molecule has 1 aromatic heterocycles. The zero-order chi connectivity index (χ0) is 24.9. The fourth-order valence-corrected chi connectivity index (χ4v) is 4.97. The number of likely N-dealkylation sites (tertiary alicyclic amines) is 1. The predicted molar refractivity (Wildman–Crippen MR) is 146 cm³/mol. The highest BCUT2D eigenvalue weighted by Crippen LogP contribution is 2.24. The number of piperidine rings is 1. The van der Waals surface area contributed by atoms with Crippen LogP contribution in [0.15, 0.2) is 30.1 Å². The van der Waals surface area contributed by atoms with Crippen molar-refractivity contribution in [3.8, 4) is 0 Å². The second-order valence-corrected chi connectivity index (χ2v) is 9.89. The zero-order valence-corrected chi connectivity index (χ0v) is 22.1. The van der Waals surface area contributed by atoms with Crippen molar-refractivity contribution < 1.29 is 4.79 Å². The Morgan fingerprint density at radius 2 is 1.91 bits per heavy atom. The maximum Gasteiger partial charge on any atom is 0.256 e. The Morgan fingerprint density at radius 1 is 1.14 bits per heavy atom. The summed E-state index contributed by atoms with van der Waals surface area (Å²) in [5.41, 5.74) is 1.87. The first-order valence-electron chi connectivity index (χ1n) is 13.9. The highest BCUT2D eigenvalue weighted by Gasteiger charge is 2.23. The molecule has 1 saturated carbocycles. The first kappa shape index (κ1) is 27.0. The molecule has 1 saturated heterocycles. The number of amides is 1. The lowest BCUT2D eigenvalue weighted by Gasteiger charge is -2.34. The Bertz CT molecular complexity index is 838. The van der Waals surface area contributed by atoms with Crippen LogP contribution in [0.2, 0.25) is 0 Å². The molecule has 0 radical (unpaired) electrons. The SMILES string of the molecule is C/C=C\C(=C/CC)N1CCC(CNC(=O)c2cnc(NCCCC)nc2NC2CCCCC2)CC1. The summed E-state index contributed by atoms with van der Waals surface area (Å²) in [4.78, 5) is 24.8. The van der Waals surface area contributed by atoms with E-state index in [2.05, 4.69) is 64.8 Å². The molecular weight excluding hydrogens is 436 g/mol. The maximum atomic E-state index is 13.2. The molecule has 7 nitrogen and oxygen atoms in total. The summed E-state index contributed by atoms with van der Waals surface area (Å²) >= 11 is 0. The van der Waals surface area contributed by atoms with E-state index in [0.717, 1.165) is 64.6 Å². The van der Waals surface area contributed by atoms with Gasteiger partial charge in [-0.2, -0.15) is 4.98 Å². The molecule has 194 valence electrons. The van der Waals surface area contributed by atoms with Crippen molar-refractivity contribution in [1.82, 2.24) is 20.2 Å². The van der Waals surface area contributed by atoms with E-state index >= 15 is 0 Å². The number of aromatic nitrogens is 2. The maximum absolute atomic E-state index is 13.2. The van der Waals surface area contributed by atoms with Gasteiger partial charge in [0.15, 0.2) is 0 Å². The summed E-state index contributed by atoms with van der Waals surface area (Å²) in [5, 5.41) is 10.1. The van der Waals surface area contributed by atoms with Gasteiger partial charge in [-0.15, -0.1) is 0 Å². The van der Waals surface area contributed by atoms with Crippen LogP contribution >= 0.6 is 0 Å². The molecule has 2 aliphatic rings. The van der Waals surface area contributed by atoms with Gasteiger partial charge in [-0.3, -0.25) is 4.79 Å². The number of nitrogens with zero attached hydrogens (tertiary/aromatic N) is 3. The van der Waals surface area contributed by atoms with Crippen molar-refractivity contribution in [3.05, 3.63) is 35.7 Å². The van der Waals surface area contributed by atoms with Crippen LogP contribution in [-0.4, -0.2) is 53.0 Å². The fraction of sp³-hybridized carbons (Fsp3) is 0.679. The second-order valence-electron chi connectivity index (χ2n) is 9.89. The molecule has 1 amide bonds. The van der Waals surface area contributed by atoms with Gasteiger partial charge < -0.3 is 20.9 Å². The van der Waals surface area contributed by atoms with Crippen LogP contribution in [0, 0.1) is 5.92 Å². The third-order valence-electron chi connectivity index (χ3n) is 7.07. The monoisotopic (exact) mass is 482 g/mol. The van der Waals surface area contributed by atoms with Crippen LogP contribution in [-0.2, 0) is 0 Å². The lowest BCUT2D eigenvalue weighted by Crippen LogP contribution is -2.38. The topological polar surface area (TPSA) is 82.2 Å². The summed E-state index contributed by atoms with van der Waals surface area (Å²) in [6.07, 6.45) is 19.7. The normalized spacial score (nSPS) is 18.1. The molecule has 0 aromatic carbocycles. The summed E-state index contributed by atoms with van der Waals surface area (Å²) in [7, 11) is 0. The Labute approximate surface area is 212 Å². The minimum atomic E-state index is -0.0775. The summed E-state index contributed by atoms with van der Waals surface area (Å²) in [6, 6.07) is 0.376. The molecule has 0 atom stereocenters. The predicted octanol–water partition coefficient (Wildman–Crippen LogP) is 5.75. The van der Waals surface area contributed by atoms with Crippen molar-refractivity contribution in [1.29, 1.82) is 0 Å². The Morgan fingerprint density at radius 3 is 2.60 bits per heavy atom. The van der Waals surface area contributed by atoms with Gasteiger partial charge in [0.05, 0.1) is 0 Å². The number of hydrogen-bond acceptors (Lipinski definition) is 6. The van der Waals surface area contributed by atoms with E-state index in [9.17, 15) is 4.79 Å². The minimum absolute atomic E-state index is 0.0775. The van der Waals surface area contributed by atoms with Crippen LogP contribution in [0.4, 0.5) is 11.8 Å². The van der Waals surface area contributed by atoms with Crippen LogP contribution in [0.1, 0.15) is 95.3 Å². The molecule has 2 fully saturated rings. The van der Waals surface area contributed by atoms with E-state index < -0.39 is 0 Å². The Kier molecular flexibility index (Phi) is 11.4. The number of hydrogen-bond donors (Lipinski definition) is 3. The Hall–Kier alpha value is -2.57. The first-order chi connectivity index (χ1) is 17.1. The number of carbonyl (C=O) groups is 1. The van der Waals surface area contributed by atoms with Gasteiger partial charge >= 0.3 is 0 Å². The molecule has 0 spiro atoms. The molecule has 3 rings (SSSR count). The van der Waals surface area contributed by atoms with Gasteiger partial charge in [-0.25, -0.2) is 4.98 Å². The van der Waals surface area contributed by atoms with Gasteiger partial charge in [0, 0.05) is 44.1 Å². The van der Waals surface area contributed by atoms with Crippen LogP contribution in [0.3, 0.4) is 0 Å². The summed E-state index contributed by atoms with van der Waals surface area (Å²) in [5.74, 6) is 1.68. The van der Waals surface area contributed by atoms with Gasteiger partial charge in [-0.05, 0) is 57.4 Å². The number of anilines is 2. The number of carbonyl (C=O) groups excluding carboxylic acids is 1. The minimum Gasteiger partial charge on any atom is -0.372 e. The smallest absolute Gasteiger partial charge is 0.256 e. The molecule has 7 heteroatoms. The van der Waals surface area contributed by atoms with Crippen molar-refractivity contribution >= 4 is 17.7 Å². The van der Waals surface area contributed by atoms with Crippen LogP contribution in [0.25, 0.3) is 0 Å². The molecule has 3 N–H and O–H groups in total. The van der Waals surface area contributed by atoms with E-state index in [1.165, 1.54) is 25.0 Å². The number of nitrogens with one attached hydrogen (secondary N) is 3. The zero-order valence-electron chi connectivity index (χ0n) is 22.1. The highest BCUT2D eigenvalue weighted by atomic mass is 16.1. The second kappa shape index (κ2) is 14.7. The third kappa shape index (κ3) is 8.55. The molecule has 1 aliphatic heterocycles. The molecule has 1 aliphatic carbocycles. The number of unbranched alkanes of at least 4 members (excludes halogenated alkanes) is 1. The van der Waals surface area contributed by atoms with Gasteiger partial charge in [0.1, 0.15) is 11.4 Å². The summed E-state index contributed by atoms with van der Waals surface area (Å²) < 4.78 is 0. The van der Waals surface area contributed by atoms with Crippen LogP contribution < -0.4 is 16.0 Å². The molecular formula is C28H46N6O. The van der Waals surface area contributed by atoms with E-state index in [1.807, 2.05) is 0 Å². The molecule has 0 bridgehead atoms. The number of allylic oxidation sites excluding steroid dienone is 3. The average Bonchev–Trinajstić information content (AvgIpc) is 2.88. The van der Waals surface area contributed by atoms with Crippen molar-refractivity contribution in [2.24, 2.45) is 5.92 Å². The fourth-order valence-electron chi connectivity index (χ4n) is 4.97. The molecule has 2 heterocycles. The average molecular weight is 483 g/mol. The van der Waals surface area contributed by atoms with Crippen molar-refractivity contribution in [2.45, 2.75) is 91.0 Å². The van der Waals surface area contributed by atoms with E-state index in [-0.39, 0.29) is 5.91 Å². The lowest BCUT2D eigenvalue weighted by atomic mass is 9.95. The number of rotatable bonds is 12. The highest BCUT2D eigenvalue weighted by molar-refractivity contribution is 5.98. The quantitative estimate of drug-likeness (QED) is 0.260. The standard InChI is InChI=1S/C28H46N6O/c1-4-7-17-29-28-31-21-25(26(33-28)32-23-13-9-8-10-14-23)27(35)30-20-22-15-18-34(19-16-22)24(11-5-2)12-6-3/h5,11-12,21-23H,4,6-10,13-20H2,1-3H3,(H,30,35)(H2,29,31,32,33)/b11-5-,24-12+. The van der Waals surface area contributed by atoms with E-state index in [1.54, 1.807) is 6.20 Å². The summed E-state index contributed by atoms with van der Waals surface area (Å²) in [6.45, 7) is 10.0. The van der Waals surface area contributed by atoms with Crippen molar-refractivity contribution in [2.75, 3.05) is 36.8 Å². The molecule has 35 heavy (non-hydrogen) atoms. The van der Waals surface area contributed by atoms with Crippen molar-refractivity contribution in [3.63, 3.8) is 0 Å². The van der Waals surface area contributed by atoms with E-state index in [0.29, 0.717) is 35.8 Å². The van der Waals surface area contributed by atoms with Gasteiger partial charge in [-0.1, -0.05) is 51.7 Å². The van der Waals surface area contributed by atoms with E-state index in [4.69, 9.17) is 4.98 Å². The molecule has 0 unspecified atom stereocenters. The molecule has 1 aromatic rings. The van der Waals surface area contributed by atoms with Crippen LogP contribution in [0.5, 0.6) is 0 Å². The van der Waals surface area contributed by atoms with Gasteiger partial charge in [0.25, 0.3) is 5.91 Å². The van der Waals surface area contributed by atoms with Gasteiger partial charge in [0.2, 0.25) is 5.95 Å². The first-order valence-corrected chi connectivity index (χ1v) is 13.9. The lowest BCUT2D eigenvalue weighted by molar-refractivity contribution is 0.0939. The Balaban J connectivity index is 1.58. The third-order valence-corrected chi connectivity index (χ3v) is 7.07.